The fourth-order valence-corrected chi connectivity index (χ4v) is 4.71. The molecule has 0 spiro atoms. The fourth-order valence-electron chi connectivity index (χ4n) is 3.77. The monoisotopic (exact) mass is 408 g/mol. The number of hydrazone groups is 1. The van der Waals surface area contributed by atoms with Crippen LogP contribution in [0.5, 0.6) is 11.5 Å². The second-order valence-corrected chi connectivity index (χ2v) is 7.71. The van der Waals surface area contributed by atoms with Gasteiger partial charge in [-0.3, -0.25) is 4.79 Å². The van der Waals surface area contributed by atoms with Gasteiger partial charge in [-0.25, -0.2) is 5.43 Å². The minimum absolute atomic E-state index is 0.102. The lowest BCUT2D eigenvalue weighted by atomic mass is 9.87. The molecule has 1 aromatic heterocycles. The highest BCUT2D eigenvalue weighted by Gasteiger charge is 2.30. The molecule has 2 heterocycles. The van der Waals surface area contributed by atoms with Crippen molar-refractivity contribution in [3.8, 4) is 11.5 Å². The summed E-state index contributed by atoms with van der Waals surface area (Å²) in [6, 6.07) is 12.2. The first kappa shape index (κ1) is 19.5. The van der Waals surface area contributed by atoms with Gasteiger partial charge in [0.1, 0.15) is 0 Å². The third-order valence-electron chi connectivity index (χ3n) is 5.08. The molecule has 0 aliphatic carbocycles. The molecular formula is C23H24N2O3S. The Kier molecular flexibility index (Phi) is 5.53. The Morgan fingerprint density at radius 1 is 1.03 bits per heavy atom. The fraction of sp³-hybridized carbons (Fsp3) is 0.304. The van der Waals surface area contributed by atoms with Crippen LogP contribution >= 0.6 is 11.3 Å². The highest BCUT2D eigenvalue weighted by Crippen LogP contribution is 2.39. The van der Waals surface area contributed by atoms with Crippen molar-refractivity contribution in [3.05, 3.63) is 58.5 Å². The van der Waals surface area contributed by atoms with Gasteiger partial charge in [-0.2, -0.15) is 5.10 Å². The van der Waals surface area contributed by atoms with E-state index >= 15 is 0 Å². The first-order chi connectivity index (χ1) is 14.2. The summed E-state index contributed by atoms with van der Waals surface area (Å²) in [5.74, 6) is 0.932. The molecule has 1 aliphatic heterocycles. The van der Waals surface area contributed by atoms with Crippen LogP contribution in [0.2, 0.25) is 0 Å². The second-order valence-electron chi connectivity index (χ2n) is 6.80. The van der Waals surface area contributed by atoms with E-state index in [4.69, 9.17) is 9.47 Å². The molecule has 1 amide bonds. The van der Waals surface area contributed by atoms with Crippen LogP contribution in [0.3, 0.4) is 0 Å². The van der Waals surface area contributed by atoms with Crippen LogP contribution in [0.1, 0.15) is 49.8 Å². The van der Waals surface area contributed by atoms with E-state index in [9.17, 15) is 4.79 Å². The summed E-state index contributed by atoms with van der Waals surface area (Å²) in [5.41, 5.74) is 6.36. The lowest BCUT2D eigenvalue weighted by Gasteiger charge is -2.19. The summed E-state index contributed by atoms with van der Waals surface area (Å²) in [6.07, 6.45) is 0.672. The van der Waals surface area contributed by atoms with Crippen LogP contribution in [0.25, 0.3) is 10.1 Å². The lowest BCUT2D eigenvalue weighted by molar-refractivity contribution is -0.122. The summed E-state index contributed by atoms with van der Waals surface area (Å²) in [7, 11) is 0. The molecule has 1 atom stereocenters. The van der Waals surface area contributed by atoms with E-state index in [-0.39, 0.29) is 11.8 Å². The molecule has 29 heavy (non-hydrogen) atoms. The Hall–Kier alpha value is -2.86. The van der Waals surface area contributed by atoms with Gasteiger partial charge >= 0.3 is 0 Å². The summed E-state index contributed by atoms with van der Waals surface area (Å²) < 4.78 is 12.9. The Labute approximate surface area is 174 Å². The maximum atomic E-state index is 12.8. The van der Waals surface area contributed by atoms with Gasteiger partial charge in [0, 0.05) is 26.6 Å². The zero-order chi connectivity index (χ0) is 20.4. The predicted octanol–water partition coefficient (Wildman–Crippen LogP) is 5.07. The summed E-state index contributed by atoms with van der Waals surface area (Å²) in [5, 5.41) is 7.76. The van der Waals surface area contributed by atoms with Gasteiger partial charge < -0.3 is 9.47 Å². The SMILES string of the molecule is CCOc1cc2c(cc1OCC)C(CC)C(=O)NN=C2c1csc2ccccc12. The van der Waals surface area contributed by atoms with Gasteiger partial charge in [0.05, 0.1) is 24.8 Å². The molecule has 5 nitrogen and oxygen atoms in total. The molecule has 0 bridgehead atoms. The predicted molar refractivity (Wildman–Crippen MR) is 117 cm³/mol. The van der Waals surface area contributed by atoms with E-state index in [2.05, 4.69) is 28.0 Å². The van der Waals surface area contributed by atoms with Crippen molar-refractivity contribution in [1.29, 1.82) is 0 Å². The molecule has 150 valence electrons. The lowest BCUT2D eigenvalue weighted by Crippen LogP contribution is -2.23. The number of thiophene rings is 1. The summed E-state index contributed by atoms with van der Waals surface area (Å²) in [6.45, 7) is 6.95. The van der Waals surface area contributed by atoms with Gasteiger partial charge in [0.2, 0.25) is 5.91 Å². The first-order valence-electron chi connectivity index (χ1n) is 9.95. The van der Waals surface area contributed by atoms with Gasteiger partial charge in [-0.15, -0.1) is 11.3 Å². The number of carbonyl (C=O) groups is 1. The number of amides is 1. The van der Waals surface area contributed by atoms with Crippen molar-refractivity contribution in [3.63, 3.8) is 0 Å². The Balaban J connectivity index is 1.97. The van der Waals surface area contributed by atoms with Gasteiger partial charge in [0.15, 0.2) is 11.5 Å². The van der Waals surface area contributed by atoms with Gasteiger partial charge in [-0.1, -0.05) is 25.1 Å². The zero-order valence-corrected chi connectivity index (χ0v) is 17.6. The topological polar surface area (TPSA) is 59.9 Å². The number of carbonyl (C=O) groups excluding carboxylic acids is 1. The number of ether oxygens (including phenoxy) is 2. The summed E-state index contributed by atoms with van der Waals surface area (Å²) >= 11 is 1.67. The largest absolute Gasteiger partial charge is 0.490 e. The van der Waals surface area contributed by atoms with Crippen LogP contribution in [0.15, 0.2) is 46.9 Å². The van der Waals surface area contributed by atoms with Crippen molar-refractivity contribution < 1.29 is 14.3 Å². The van der Waals surface area contributed by atoms with Crippen LogP contribution in [0.4, 0.5) is 0 Å². The molecule has 2 aromatic carbocycles. The van der Waals surface area contributed by atoms with E-state index in [1.54, 1.807) is 11.3 Å². The van der Waals surface area contributed by atoms with E-state index in [1.807, 2.05) is 45.0 Å². The van der Waals surface area contributed by atoms with Gasteiger partial charge in [-0.05, 0) is 44.0 Å². The molecule has 1 N–H and O–H groups in total. The standard InChI is InChI=1S/C23H24N2O3S/c1-4-14-16-11-19(27-5-2)20(28-6-3)12-17(16)22(24-25-23(14)26)18-13-29-21-10-8-7-9-15(18)21/h7-14H,4-6H2,1-3H3,(H,25,26). The molecule has 1 unspecified atom stereocenters. The summed E-state index contributed by atoms with van der Waals surface area (Å²) in [4.78, 5) is 12.8. The van der Waals surface area contributed by atoms with E-state index in [0.29, 0.717) is 31.1 Å². The Morgan fingerprint density at radius 3 is 2.48 bits per heavy atom. The normalized spacial score (nSPS) is 16.0. The quantitative estimate of drug-likeness (QED) is 0.619. The van der Waals surface area contributed by atoms with Crippen molar-refractivity contribution in [2.45, 2.75) is 33.1 Å². The number of fused-ring (bicyclic) bond motifs is 2. The molecule has 0 fully saturated rings. The number of nitrogens with zero attached hydrogens (tertiary/aromatic N) is 1. The Morgan fingerprint density at radius 2 is 1.76 bits per heavy atom. The maximum absolute atomic E-state index is 12.8. The number of rotatable bonds is 6. The van der Waals surface area contributed by atoms with E-state index in [1.165, 1.54) is 4.70 Å². The number of nitrogens with one attached hydrogen (secondary N) is 1. The minimum atomic E-state index is -0.300. The zero-order valence-electron chi connectivity index (χ0n) is 16.8. The number of hydrogen-bond acceptors (Lipinski definition) is 5. The highest BCUT2D eigenvalue weighted by molar-refractivity contribution is 7.17. The molecule has 3 aromatic rings. The Bertz CT molecular complexity index is 1090. The molecule has 0 saturated heterocycles. The maximum Gasteiger partial charge on any atom is 0.247 e. The molecule has 1 aliphatic rings. The van der Waals surface area contributed by atoms with Gasteiger partial charge in [0.25, 0.3) is 0 Å². The van der Waals surface area contributed by atoms with Crippen molar-refractivity contribution >= 4 is 33.0 Å². The average molecular weight is 409 g/mol. The van der Waals surface area contributed by atoms with Crippen molar-refractivity contribution in [2.75, 3.05) is 13.2 Å². The third-order valence-corrected chi connectivity index (χ3v) is 6.05. The number of benzene rings is 2. The van der Waals surface area contributed by atoms with Crippen LogP contribution in [-0.2, 0) is 4.79 Å². The minimum Gasteiger partial charge on any atom is -0.490 e. The van der Waals surface area contributed by atoms with Crippen LogP contribution < -0.4 is 14.9 Å². The van der Waals surface area contributed by atoms with Crippen molar-refractivity contribution in [1.82, 2.24) is 5.43 Å². The molecule has 6 heteroatoms. The number of hydrogen-bond donors (Lipinski definition) is 1. The van der Waals surface area contributed by atoms with E-state index < -0.39 is 0 Å². The molecular weight excluding hydrogens is 384 g/mol. The van der Waals surface area contributed by atoms with Crippen LogP contribution in [0, 0.1) is 0 Å². The molecule has 4 rings (SSSR count). The second kappa shape index (κ2) is 8.25. The van der Waals surface area contributed by atoms with Crippen LogP contribution in [-0.4, -0.2) is 24.8 Å². The van der Waals surface area contributed by atoms with E-state index in [0.717, 1.165) is 27.8 Å². The first-order valence-corrected chi connectivity index (χ1v) is 10.8. The average Bonchev–Trinajstić information content (AvgIpc) is 3.10. The smallest absolute Gasteiger partial charge is 0.247 e. The molecule has 0 radical (unpaired) electrons. The molecule has 0 saturated carbocycles. The third kappa shape index (κ3) is 3.49. The highest BCUT2D eigenvalue weighted by atomic mass is 32.1. The van der Waals surface area contributed by atoms with Crippen molar-refractivity contribution in [2.24, 2.45) is 5.10 Å².